The topological polar surface area (TPSA) is 77.8 Å². The number of phenols is 3. The third-order valence-electron chi connectivity index (χ3n) is 2.05. The quantitative estimate of drug-likeness (QED) is 0.571. The van der Waals surface area contributed by atoms with Crippen molar-refractivity contribution in [1.29, 1.82) is 0 Å². The van der Waals surface area contributed by atoms with Crippen molar-refractivity contribution >= 4 is 6.29 Å². The van der Waals surface area contributed by atoms with E-state index in [4.69, 9.17) is 0 Å². The molecule has 0 amide bonds. The van der Waals surface area contributed by atoms with Gasteiger partial charge < -0.3 is 15.3 Å². The molecule has 70 valence electrons. The smallest absolute Gasteiger partial charge is 0.157 e. The Kier molecular flexibility index (Phi) is 2.14. The summed E-state index contributed by atoms with van der Waals surface area (Å²) in [6.45, 7) is 2.92. The summed E-state index contributed by atoms with van der Waals surface area (Å²) in [7, 11) is 0. The molecule has 0 fully saturated rings. The van der Waals surface area contributed by atoms with Gasteiger partial charge in [-0.05, 0) is 13.8 Å². The van der Waals surface area contributed by atoms with Gasteiger partial charge in [-0.3, -0.25) is 4.79 Å². The van der Waals surface area contributed by atoms with Crippen LogP contribution in [0.3, 0.4) is 0 Å². The standard InChI is InChI=1S/C9H10O4/c1-4-7(11)5(2)9(13)6(3-10)8(4)12/h3,11-13H,1-2H3. The van der Waals surface area contributed by atoms with Gasteiger partial charge in [0.2, 0.25) is 0 Å². The minimum Gasteiger partial charge on any atom is -0.507 e. The molecule has 13 heavy (non-hydrogen) atoms. The van der Waals surface area contributed by atoms with Gasteiger partial charge in [0.1, 0.15) is 17.2 Å². The molecule has 0 aliphatic rings. The highest BCUT2D eigenvalue weighted by atomic mass is 16.3. The molecule has 3 N–H and O–H groups in total. The zero-order chi connectivity index (χ0) is 10.2. The lowest BCUT2D eigenvalue weighted by Gasteiger charge is -2.10. The predicted octanol–water partition coefficient (Wildman–Crippen LogP) is 1.23. The summed E-state index contributed by atoms with van der Waals surface area (Å²) < 4.78 is 0. The van der Waals surface area contributed by atoms with Crippen LogP contribution < -0.4 is 0 Å². The third kappa shape index (κ3) is 1.20. The highest BCUT2D eigenvalue weighted by Gasteiger charge is 2.17. The SMILES string of the molecule is Cc1c(O)c(C)c(O)c(C=O)c1O. The van der Waals surface area contributed by atoms with Crippen LogP contribution in [-0.4, -0.2) is 21.6 Å². The fourth-order valence-corrected chi connectivity index (χ4v) is 1.13. The first kappa shape index (κ1) is 9.38. The van der Waals surface area contributed by atoms with Gasteiger partial charge >= 0.3 is 0 Å². The Morgan fingerprint density at radius 1 is 0.923 bits per heavy atom. The number of carbonyl (C=O) groups excluding carboxylic acids is 1. The van der Waals surface area contributed by atoms with Crippen LogP contribution >= 0.6 is 0 Å². The van der Waals surface area contributed by atoms with Crippen molar-refractivity contribution in [2.75, 3.05) is 0 Å². The first-order chi connectivity index (χ1) is 6.00. The molecule has 1 aromatic carbocycles. The summed E-state index contributed by atoms with van der Waals surface area (Å²) in [6.07, 6.45) is 0.351. The van der Waals surface area contributed by atoms with E-state index in [9.17, 15) is 20.1 Å². The summed E-state index contributed by atoms with van der Waals surface area (Å²) in [5.41, 5.74) is 0.197. The van der Waals surface area contributed by atoms with E-state index < -0.39 is 0 Å². The molecular formula is C9H10O4. The van der Waals surface area contributed by atoms with E-state index in [1.807, 2.05) is 0 Å². The van der Waals surface area contributed by atoms with Gasteiger partial charge in [0.25, 0.3) is 0 Å². The van der Waals surface area contributed by atoms with Crippen LogP contribution in [0, 0.1) is 13.8 Å². The number of rotatable bonds is 1. The third-order valence-corrected chi connectivity index (χ3v) is 2.05. The normalized spacial score (nSPS) is 10.0. The molecule has 0 radical (unpaired) electrons. The van der Waals surface area contributed by atoms with Gasteiger partial charge in [0.05, 0.1) is 5.56 Å². The van der Waals surface area contributed by atoms with Gasteiger partial charge in [0.15, 0.2) is 6.29 Å². The maximum atomic E-state index is 10.5. The number of carbonyl (C=O) groups is 1. The van der Waals surface area contributed by atoms with Crippen molar-refractivity contribution < 1.29 is 20.1 Å². The van der Waals surface area contributed by atoms with E-state index >= 15 is 0 Å². The second kappa shape index (κ2) is 2.97. The average Bonchev–Trinajstić information content (AvgIpc) is 2.13. The molecule has 0 bridgehead atoms. The Morgan fingerprint density at radius 3 is 1.62 bits per heavy atom. The number of hydrogen-bond acceptors (Lipinski definition) is 4. The molecule has 0 aliphatic carbocycles. The molecule has 1 aromatic rings. The van der Waals surface area contributed by atoms with Crippen LogP contribution in [-0.2, 0) is 0 Å². The van der Waals surface area contributed by atoms with Crippen LogP contribution in [0.15, 0.2) is 0 Å². The lowest BCUT2D eigenvalue weighted by molar-refractivity contribution is 0.111. The fraction of sp³-hybridized carbons (Fsp3) is 0.222. The van der Waals surface area contributed by atoms with Crippen LogP contribution in [0.5, 0.6) is 17.2 Å². The second-order valence-electron chi connectivity index (χ2n) is 2.83. The Bertz CT molecular complexity index is 339. The lowest BCUT2D eigenvalue weighted by atomic mass is 10.0. The number of phenolic OH excluding ortho intramolecular Hbond substituents is 3. The lowest BCUT2D eigenvalue weighted by Crippen LogP contribution is -1.91. The van der Waals surface area contributed by atoms with Gasteiger partial charge in [-0.2, -0.15) is 0 Å². The largest absolute Gasteiger partial charge is 0.507 e. The van der Waals surface area contributed by atoms with E-state index in [0.29, 0.717) is 6.29 Å². The number of aldehydes is 1. The molecule has 0 spiro atoms. The molecule has 0 atom stereocenters. The molecule has 1 rings (SSSR count). The zero-order valence-corrected chi connectivity index (χ0v) is 7.33. The molecule has 0 saturated carbocycles. The van der Waals surface area contributed by atoms with Crippen LogP contribution in [0.2, 0.25) is 0 Å². The highest BCUT2D eigenvalue weighted by molar-refractivity contribution is 5.86. The summed E-state index contributed by atoms with van der Waals surface area (Å²) in [6, 6.07) is 0. The van der Waals surface area contributed by atoms with E-state index in [2.05, 4.69) is 0 Å². The van der Waals surface area contributed by atoms with Crippen LogP contribution in [0.4, 0.5) is 0 Å². The van der Waals surface area contributed by atoms with E-state index in [1.54, 1.807) is 0 Å². The highest BCUT2D eigenvalue weighted by Crippen LogP contribution is 2.39. The number of benzene rings is 1. The molecule has 0 aliphatic heterocycles. The van der Waals surface area contributed by atoms with Crippen molar-refractivity contribution in [3.63, 3.8) is 0 Å². The molecule has 4 nitrogen and oxygen atoms in total. The fourth-order valence-electron chi connectivity index (χ4n) is 1.13. The number of aromatic hydroxyl groups is 3. The molecule has 0 saturated heterocycles. The van der Waals surface area contributed by atoms with Gasteiger partial charge in [0, 0.05) is 11.1 Å². The van der Waals surface area contributed by atoms with Gasteiger partial charge in [-0.15, -0.1) is 0 Å². The molecule has 4 heteroatoms. The molecular weight excluding hydrogens is 172 g/mol. The molecule has 0 unspecified atom stereocenters. The van der Waals surface area contributed by atoms with Crippen molar-refractivity contribution in [2.45, 2.75) is 13.8 Å². The maximum absolute atomic E-state index is 10.5. The van der Waals surface area contributed by atoms with Crippen molar-refractivity contribution in [3.05, 3.63) is 16.7 Å². The van der Waals surface area contributed by atoms with Crippen LogP contribution in [0.1, 0.15) is 21.5 Å². The van der Waals surface area contributed by atoms with E-state index in [1.165, 1.54) is 13.8 Å². The molecule has 0 heterocycles. The summed E-state index contributed by atoms with van der Waals surface area (Å²) >= 11 is 0. The second-order valence-corrected chi connectivity index (χ2v) is 2.83. The van der Waals surface area contributed by atoms with Crippen molar-refractivity contribution in [3.8, 4) is 17.2 Å². The summed E-state index contributed by atoms with van der Waals surface area (Å²) in [5, 5.41) is 28.0. The number of hydrogen-bond donors (Lipinski definition) is 3. The monoisotopic (exact) mass is 182 g/mol. The van der Waals surface area contributed by atoms with Crippen molar-refractivity contribution in [1.82, 2.24) is 0 Å². The zero-order valence-electron chi connectivity index (χ0n) is 7.33. The predicted molar refractivity (Wildman–Crippen MR) is 46.3 cm³/mol. The van der Waals surface area contributed by atoms with Crippen LogP contribution in [0.25, 0.3) is 0 Å². The van der Waals surface area contributed by atoms with Gasteiger partial charge in [-0.1, -0.05) is 0 Å². The summed E-state index contributed by atoms with van der Waals surface area (Å²) in [5.74, 6) is -0.952. The Hall–Kier alpha value is -1.71. The Labute approximate surface area is 75.1 Å². The first-order valence-corrected chi connectivity index (χ1v) is 3.70. The van der Waals surface area contributed by atoms with E-state index in [-0.39, 0.29) is 33.9 Å². The van der Waals surface area contributed by atoms with Gasteiger partial charge in [-0.25, -0.2) is 0 Å². The van der Waals surface area contributed by atoms with Crippen molar-refractivity contribution in [2.24, 2.45) is 0 Å². The average molecular weight is 182 g/mol. The Morgan fingerprint density at radius 2 is 1.31 bits per heavy atom. The first-order valence-electron chi connectivity index (χ1n) is 3.70. The molecule has 0 aromatic heterocycles. The van der Waals surface area contributed by atoms with E-state index in [0.717, 1.165) is 0 Å². The minimum atomic E-state index is -0.379. The minimum absolute atomic E-state index is 0.187. The Balaban J connectivity index is 3.66. The maximum Gasteiger partial charge on any atom is 0.157 e. The summed E-state index contributed by atoms with van der Waals surface area (Å²) in [4.78, 5) is 10.5.